The summed E-state index contributed by atoms with van der Waals surface area (Å²) in [5, 5.41) is 2.74. The minimum Gasteiger partial charge on any atom is -0.326 e. The number of carbonyl (C=O) groups excluding carboxylic acids is 1. The fraction of sp³-hybridized carbons (Fsp3) is 0.417. The molecule has 94 valence electrons. The Kier molecular flexibility index (Phi) is 4.28. The van der Waals surface area contributed by atoms with Crippen molar-refractivity contribution in [2.45, 2.75) is 25.2 Å². The maximum atomic E-state index is 11.6. The van der Waals surface area contributed by atoms with E-state index in [0.29, 0.717) is 5.69 Å². The Balaban J connectivity index is 2.79. The third kappa shape index (κ3) is 3.85. The second-order valence-corrected chi connectivity index (χ2v) is 6.11. The Morgan fingerprint density at radius 2 is 1.82 bits per heavy atom. The third-order valence-electron chi connectivity index (χ3n) is 2.61. The molecule has 4 nitrogen and oxygen atoms in total. The fourth-order valence-corrected chi connectivity index (χ4v) is 1.87. The van der Waals surface area contributed by atoms with Gasteiger partial charge in [0, 0.05) is 17.9 Å². The van der Waals surface area contributed by atoms with E-state index in [1.165, 1.54) is 12.1 Å². The molecule has 0 aliphatic heterocycles. The van der Waals surface area contributed by atoms with E-state index in [9.17, 15) is 13.2 Å². The zero-order chi connectivity index (χ0) is 13.1. The number of hydrogen-bond donors (Lipinski definition) is 1. The summed E-state index contributed by atoms with van der Waals surface area (Å²) in [6.07, 6.45) is 1.92. The number of sulfone groups is 1. The minimum atomic E-state index is -3.18. The molecule has 1 amide bonds. The molecule has 0 radical (unpaired) electrons. The zero-order valence-corrected chi connectivity index (χ0v) is 11.0. The monoisotopic (exact) mass is 255 g/mol. The summed E-state index contributed by atoms with van der Waals surface area (Å²) in [6, 6.07) is 6.16. The van der Waals surface area contributed by atoms with Crippen molar-refractivity contribution in [3.8, 4) is 0 Å². The SMILES string of the molecule is CCC(C)C(=O)Nc1ccc(S(C)(=O)=O)cc1. The topological polar surface area (TPSA) is 63.2 Å². The van der Waals surface area contributed by atoms with E-state index in [0.717, 1.165) is 12.7 Å². The van der Waals surface area contributed by atoms with Gasteiger partial charge >= 0.3 is 0 Å². The van der Waals surface area contributed by atoms with Crippen molar-refractivity contribution in [3.63, 3.8) is 0 Å². The molecule has 1 unspecified atom stereocenters. The third-order valence-corrected chi connectivity index (χ3v) is 3.74. The lowest BCUT2D eigenvalue weighted by Crippen LogP contribution is -2.19. The van der Waals surface area contributed by atoms with Crippen LogP contribution in [0.3, 0.4) is 0 Å². The first kappa shape index (κ1) is 13.7. The largest absolute Gasteiger partial charge is 0.326 e. The van der Waals surface area contributed by atoms with Gasteiger partial charge in [-0.1, -0.05) is 13.8 Å². The maximum absolute atomic E-state index is 11.6. The first-order valence-corrected chi connectivity index (χ1v) is 7.34. The van der Waals surface area contributed by atoms with Gasteiger partial charge in [0.1, 0.15) is 0 Å². The van der Waals surface area contributed by atoms with Crippen LogP contribution in [0, 0.1) is 5.92 Å². The zero-order valence-electron chi connectivity index (χ0n) is 10.2. The van der Waals surface area contributed by atoms with Gasteiger partial charge in [-0.25, -0.2) is 8.42 Å². The first-order valence-electron chi connectivity index (χ1n) is 5.45. The smallest absolute Gasteiger partial charge is 0.227 e. The molecule has 0 saturated heterocycles. The molecule has 17 heavy (non-hydrogen) atoms. The quantitative estimate of drug-likeness (QED) is 0.895. The van der Waals surface area contributed by atoms with Crippen molar-refractivity contribution in [1.82, 2.24) is 0 Å². The van der Waals surface area contributed by atoms with Crippen LogP contribution in [0.25, 0.3) is 0 Å². The maximum Gasteiger partial charge on any atom is 0.227 e. The van der Waals surface area contributed by atoms with Crippen LogP contribution in [-0.4, -0.2) is 20.6 Å². The number of rotatable bonds is 4. The van der Waals surface area contributed by atoms with Gasteiger partial charge in [-0.05, 0) is 30.7 Å². The highest BCUT2D eigenvalue weighted by Gasteiger charge is 2.11. The number of amides is 1. The van der Waals surface area contributed by atoms with Crippen LogP contribution >= 0.6 is 0 Å². The van der Waals surface area contributed by atoms with Gasteiger partial charge in [-0.15, -0.1) is 0 Å². The number of carbonyl (C=O) groups is 1. The van der Waals surface area contributed by atoms with Crippen molar-refractivity contribution >= 4 is 21.4 Å². The van der Waals surface area contributed by atoms with E-state index in [1.54, 1.807) is 12.1 Å². The Hall–Kier alpha value is -1.36. The Bertz CT molecular complexity index is 491. The summed E-state index contributed by atoms with van der Waals surface area (Å²) in [4.78, 5) is 11.8. The van der Waals surface area contributed by atoms with Gasteiger partial charge in [-0.2, -0.15) is 0 Å². The summed E-state index contributed by atoms with van der Waals surface area (Å²) in [7, 11) is -3.18. The molecule has 1 aromatic rings. The lowest BCUT2D eigenvalue weighted by molar-refractivity contribution is -0.119. The highest BCUT2D eigenvalue weighted by Crippen LogP contribution is 2.15. The van der Waals surface area contributed by atoms with Crippen molar-refractivity contribution in [3.05, 3.63) is 24.3 Å². The molecule has 0 spiro atoms. The summed E-state index contributed by atoms with van der Waals surface area (Å²) in [5.41, 5.74) is 0.614. The molecular weight excluding hydrogens is 238 g/mol. The lowest BCUT2D eigenvalue weighted by atomic mass is 10.1. The summed E-state index contributed by atoms with van der Waals surface area (Å²) < 4.78 is 22.5. The number of anilines is 1. The number of hydrogen-bond acceptors (Lipinski definition) is 3. The Morgan fingerprint density at radius 1 is 1.29 bits per heavy atom. The minimum absolute atomic E-state index is 0.0513. The average molecular weight is 255 g/mol. The van der Waals surface area contributed by atoms with Gasteiger partial charge in [0.25, 0.3) is 0 Å². The second-order valence-electron chi connectivity index (χ2n) is 4.10. The molecule has 0 aliphatic carbocycles. The van der Waals surface area contributed by atoms with Crippen LogP contribution in [0.1, 0.15) is 20.3 Å². The molecule has 1 N–H and O–H groups in total. The van der Waals surface area contributed by atoms with Crippen LogP contribution < -0.4 is 5.32 Å². The average Bonchev–Trinajstić information content (AvgIpc) is 2.27. The van der Waals surface area contributed by atoms with Gasteiger partial charge in [0.15, 0.2) is 9.84 Å². The summed E-state index contributed by atoms with van der Waals surface area (Å²) in [6.45, 7) is 3.79. The van der Waals surface area contributed by atoms with Crippen LogP contribution in [0.2, 0.25) is 0 Å². The number of nitrogens with one attached hydrogen (secondary N) is 1. The highest BCUT2D eigenvalue weighted by molar-refractivity contribution is 7.90. The Morgan fingerprint density at radius 3 is 2.24 bits per heavy atom. The van der Waals surface area contributed by atoms with Crippen LogP contribution in [0.5, 0.6) is 0 Å². The highest BCUT2D eigenvalue weighted by atomic mass is 32.2. The second kappa shape index (κ2) is 5.31. The molecular formula is C12H17NO3S. The lowest BCUT2D eigenvalue weighted by Gasteiger charge is -2.10. The molecule has 0 heterocycles. The van der Waals surface area contributed by atoms with Gasteiger partial charge < -0.3 is 5.32 Å². The van der Waals surface area contributed by atoms with Crippen molar-refractivity contribution in [2.24, 2.45) is 5.92 Å². The Labute approximate surface area is 102 Å². The molecule has 0 aliphatic rings. The molecule has 1 atom stereocenters. The van der Waals surface area contributed by atoms with Crippen LogP contribution in [0.4, 0.5) is 5.69 Å². The molecule has 0 aromatic heterocycles. The van der Waals surface area contributed by atoms with E-state index in [1.807, 2.05) is 13.8 Å². The van der Waals surface area contributed by atoms with Crippen molar-refractivity contribution in [2.75, 3.05) is 11.6 Å². The molecule has 5 heteroatoms. The predicted molar refractivity (Wildman–Crippen MR) is 67.6 cm³/mol. The van der Waals surface area contributed by atoms with E-state index in [4.69, 9.17) is 0 Å². The van der Waals surface area contributed by atoms with Gasteiger partial charge in [0.2, 0.25) is 5.91 Å². The summed E-state index contributed by atoms with van der Waals surface area (Å²) >= 11 is 0. The molecule has 0 bridgehead atoms. The predicted octanol–water partition coefficient (Wildman–Crippen LogP) is 2.07. The fourth-order valence-electron chi connectivity index (χ4n) is 1.24. The summed E-state index contributed by atoms with van der Waals surface area (Å²) in [5.74, 6) is -0.107. The number of benzene rings is 1. The molecule has 1 aromatic carbocycles. The molecule has 0 saturated carbocycles. The van der Waals surface area contributed by atoms with E-state index >= 15 is 0 Å². The van der Waals surface area contributed by atoms with E-state index in [2.05, 4.69) is 5.32 Å². The van der Waals surface area contributed by atoms with Crippen LogP contribution in [0.15, 0.2) is 29.2 Å². The van der Waals surface area contributed by atoms with Crippen LogP contribution in [-0.2, 0) is 14.6 Å². The molecule has 1 rings (SSSR count). The van der Waals surface area contributed by atoms with E-state index < -0.39 is 9.84 Å². The standard InChI is InChI=1S/C12H17NO3S/c1-4-9(2)12(14)13-10-5-7-11(8-6-10)17(3,15)16/h5-9H,4H2,1-3H3,(H,13,14). The normalized spacial score (nSPS) is 13.1. The molecule has 0 fully saturated rings. The van der Waals surface area contributed by atoms with Crippen molar-refractivity contribution in [1.29, 1.82) is 0 Å². The van der Waals surface area contributed by atoms with Crippen molar-refractivity contribution < 1.29 is 13.2 Å². The van der Waals surface area contributed by atoms with Gasteiger partial charge in [-0.3, -0.25) is 4.79 Å². The van der Waals surface area contributed by atoms with E-state index in [-0.39, 0.29) is 16.7 Å². The van der Waals surface area contributed by atoms with Gasteiger partial charge in [0.05, 0.1) is 4.90 Å². The first-order chi connectivity index (χ1) is 7.84.